The predicted molar refractivity (Wildman–Crippen MR) is 77.4 cm³/mol. The lowest BCUT2D eigenvalue weighted by atomic mass is 10.0. The van der Waals surface area contributed by atoms with Crippen molar-refractivity contribution in [1.82, 2.24) is 0 Å². The van der Waals surface area contributed by atoms with Crippen LogP contribution in [0, 0.1) is 0 Å². The van der Waals surface area contributed by atoms with E-state index in [1.54, 1.807) is 18.4 Å². The minimum absolute atomic E-state index is 0.144. The first-order chi connectivity index (χ1) is 8.72. The summed E-state index contributed by atoms with van der Waals surface area (Å²) in [6, 6.07) is 10.0. The Labute approximate surface area is 116 Å². The van der Waals surface area contributed by atoms with Gasteiger partial charge in [0.15, 0.2) is 0 Å². The van der Waals surface area contributed by atoms with Gasteiger partial charge in [-0.2, -0.15) is 0 Å². The summed E-state index contributed by atoms with van der Waals surface area (Å²) in [7, 11) is 1.71. The van der Waals surface area contributed by atoms with Crippen LogP contribution in [0.2, 0.25) is 5.02 Å². The minimum atomic E-state index is -0.144. The Kier molecular flexibility index (Phi) is 4.78. The lowest BCUT2D eigenvalue weighted by Gasteiger charge is -2.11. The van der Waals surface area contributed by atoms with Gasteiger partial charge < -0.3 is 10.5 Å². The molecule has 1 aromatic carbocycles. The van der Waals surface area contributed by atoms with E-state index in [0.29, 0.717) is 0 Å². The summed E-state index contributed by atoms with van der Waals surface area (Å²) >= 11 is 7.69. The molecule has 0 aliphatic heterocycles. The maximum atomic E-state index is 6.21. The fourth-order valence-corrected chi connectivity index (χ4v) is 2.99. The van der Waals surface area contributed by atoms with Crippen molar-refractivity contribution in [3.8, 4) is 0 Å². The first-order valence-corrected chi connectivity index (χ1v) is 7.04. The summed E-state index contributed by atoms with van der Waals surface area (Å²) in [5, 5.41) is 2.71. The normalized spacial score (nSPS) is 12.6. The molecule has 0 fully saturated rings. The highest BCUT2D eigenvalue weighted by molar-refractivity contribution is 7.10. The molecule has 0 bridgehead atoms. The fraction of sp³-hybridized carbons (Fsp3) is 0.286. The Morgan fingerprint density at radius 2 is 2.00 bits per heavy atom. The van der Waals surface area contributed by atoms with Crippen molar-refractivity contribution in [3.05, 3.63) is 56.7 Å². The van der Waals surface area contributed by atoms with Crippen molar-refractivity contribution in [2.24, 2.45) is 5.73 Å². The third-order valence-corrected chi connectivity index (χ3v) is 4.30. The third kappa shape index (κ3) is 3.12. The topological polar surface area (TPSA) is 35.2 Å². The molecule has 0 aliphatic rings. The lowest BCUT2D eigenvalue weighted by molar-refractivity contribution is 0.202. The van der Waals surface area contributed by atoms with Crippen LogP contribution in [0.3, 0.4) is 0 Å². The maximum Gasteiger partial charge on any atom is 0.0661 e. The predicted octanol–water partition coefficient (Wildman–Crippen LogP) is 3.64. The number of methoxy groups -OCH3 is 1. The van der Waals surface area contributed by atoms with Crippen molar-refractivity contribution in [3.63, 3.8) is 0 Å². The van der Waals surface area contributed by atoms with E-state index < -0.39 is 0 Å². The molecule has 1 unspecified atom stereocenters. The highest BCUT2D eigenvalue weighted by Crippen LogP contribution is 2.31. The number of thiophene rings is 1. The van der Waals surface area contributed by atoms with Crippen molar-refractivity contribution in [1.29, 1.82) is 0 Å². The molecule has 0 aliphatic carbocycles. The SMILES string of the molecule is COCCc1ccc(C(N)c2sccc2Cl)cc1. The van der Waals surface area contributed by atoms with Gasteiger partial charge in [0.25, 0.3) is 0 Å². The number of rotatable bonds is 5. The second-order valence-corrected chi connectivity index (χ2v) is 5.45. The summed E-state index contributed by atoms with van der Waals surface area (Å²) in [6.07, 6.45) is 0.922. The van der Waals surface area contributed by atoms with Crippen molar-refractivity contribution >= 4 is 22.9 Å². The highest BCUT2D eigenvalue weighted by Gasteiger charge is 2.13. The van der Waals surface area contributed by atoms with E-state index in [4.69, 9.17) is 22.1 Å². The number of halogens is 1. The Morgan fingerprint density at radius 1 is 1.28 bits per heavy atom. The Balaban J connectivity index is 2.12. The molecule has 0 radical (unpaired) electrons. The van der Waals surface area contributed by atoms with Gasteiger partial charge in [0, 0.05) is 12.0 Å². The first-order valence-electron chi connectivity index (χ1n) is 5.78. The van der Waals surface area contributed by atoms with Crippen LogP contribution >= 0.6 is 22.9 Å². The van der Waals surface area contributed by atoms with E-state index in [2.05, 4.69) is 24.3 Å². The van der Waals surface area contributed by atoms with Crippen LogP contribution in [-0.2, 0) is 11.2 Å². The van der Waals surface area contributed by atoms with Crippen LogP contribution in [0.1, 0.15) is 22.0 Å². The van der Waals surface area contributed by atoms with Gasteiger partial charge in [0.2, 0.25) is 0 Å². The van der Waals surface area contributed by atoms with E-state index in [1.165, 1.54) is 5.56 Å². The molecule has 2 N–H and O–H groups in total. The van der Waals surface area contributed by atoms with E-state index in [9.17, 15) is 0 Å². The number of benzene rings is 1. The van der Waals surface area contributed by atoms with Gasteiger partial charge in [0.1, 0.15) is 0 Å². The smallest absolute Gasteiger partial charge is 0.0661 e. The second kappa shape index (κ2) is 6.34. The summed E-state index contributed by atoms with van der Waals surface area (Å²) in [5.41, 5.74) is 8.55. The van der Waals surface area contributed by atoms with Gasteiger partial charge >= 0.3 is 0 Å². The highest BCUT2D eigenvalue weighted by atomic mass is 35.5. The van der Waals surface area contributed by atoms with Crippen LogP contribution in [0.25, 0.3) is 0 Å². The van der Waals surface area contributed by atoms with Crippen molar-refractivity contribution in [2.45, 2.75) is 12.5 Å². The molecular weight excluding hydrogens is 266 g/mol. The monoisotopic (exact) mass is 281 g/mol. The maximum absolute atomic E-state index is 6.21. The summed E-state index contributed by atoms with van der Waals surface area (Å²) < 4.78 is 5.06. The Bertz CT molecular complexity index is 495. The van der Waals surface area contributed by atoms with Crippen LogP contribution < -0.4 is 5.73 Å². The average molecular weight is 282 g/mol. The Hall–Kier alpha value is -0.870. The number of ether oxygens (including phenoxy) is 1. The number of nitrogens with two attached hydrogens (primary N) is 1. The standard InChI is InChI=1S/C14H16ClNOS/c1-17-8-6-10-2-4-11(5-3-10)13(16)14-12(15)7-9-18-14/h2-5,7,9,13H,6,8,16H2,1H3. The molecule has 2 aromatic rings. The molecular formula is C14H16ClNOS. The molecule has 1 heterocycles. The van der Waals surface area contributed by atoms with Crippen molar-refractivity contribution in [2.75, 3.05) is 13.7 Å². The zero-order valence-electron chi connectivity index (χ0n) is 10.2. The first kappa shape index (κ1) is 13.6. The molecule has 18 heavy (non-hydrogen) atoms. The molecule has 0 spiro atoms. The van der Waals surface area contributed by atoms with Crippen molar-refractivity contribution < 1.29 is 4.74 Å². The zero-order chi connectivity index (χ0) is 13.0. The van der Waals surface area contributed by atoms with Gasteiger partial charge in [-0.3, -0.25) is 0 Å². The summed E-state index contributed by atoms with van der Waals surface area (Å²) in [6.45, 7) is 0.738. The number of hydrogen-bond acceptors (Lipinski definition) is 3. The minimum Gasteiger partial charge on any atom is -0.384 e. The molecule has 2 nitrogen and oxygen atoms in total. The molecule has 1 aromatic heterocycles. The third-order valence-electron chi connectivity index (χ3n) is 2.86. The largest absolute Gasteiger partial charge is 0.384 e. The molecule has 0 saturated heterocycles. The molecule has 4 heteroatoms. The van der Waals surface area contributed by atoms with E-state index in [1.807, 2.05) is 11.4 Å². The van der Waals surface area contributed by atoms with Gasteiger partial charge in [-0.1, -0.05) is 35.9 Å². The molecule has 2 rings (SSSR count). The lowest BCUT2D eigenvalue weighted by Crippen LogP contribution is -2.10. The van der Waals surface area contributed by atoms with Gasteiger partial charge in [-0.15, -0.1) is 11.3 Å². The molecule has 1 atom stereocenters. The van der Waals surface area contributed by atoms with Gasteiger partial charge in [-0.05, 0) is 29.0 Å². The van der Waals surface area contributed by atoms with Crippen LogP contribution in [0.5, 0.6) is 0 Å². The molecule has 0 saturated carbocycles. The number of hydrogen-bond donors (Lipinski definition) is 1. The summed E-state index contributed by atoms with van der Waals surface area (Å²) in [5.74, 6) is 0. The van der Waals surface area contributed by atoms with Crippen LogP contribution in [0.15, 0.2) is 35.7 Å². The fourth-order valence-electron chi connectivity index (χ4n) is 1.79. The van der Waals surface area contributed by atoms with Gasteiger partial charge in [-0.25, -0.2) is 0 Å². The van der Waals surface area contributed by atoms with E-state index >= 15 is 0 Å². The van der Waals surface area contributed by atoms with Gasteiger partial charge in [0.05, 0.1) is 17.7 Å². The van der Waals surface area contributed by atoms with Crippen LogP contribution in [-0.4, -0.2) is 13.7 Å². The van der Waals surface area contributed by atoms with E-state index in [0.717, 1.165) is 28.5 Å². The molecule has 96 valence electrons. The summed E-state index contributed by atoms with van der Waals surface area (Å²) in [4.78, 5) is 1.02. The Morgan fingerprint density at radius 3 is 2.56 bits per heavy atom. The van der Waals surface area contributed by atoms with Crippen LogP contribution in [0.4, 0.5) is 0 Å². The average Bonchev–Trinajstić information content (AvgIpc) is 2.82. The molecule has 0 amide bonds. The quantitative estimate of drug-likeness (QED) is 0.908. The van der Waals surface area contributed by atoms with E-state index in [-0.39, 0.29) is 6.04 Å². The second-order valence-electron chi connectivity index (χ2n) is 4.09. The zero-order valence-corrected chi connectivity index (χ0v) is 11.8.